The number of hydrogen-bond donors (Lipinski definition) is 2. The molecular weight excluding hydrogens is 228 g/mol. The maximum absolute atomic E-state index is 10.1. The Bertz CT molecular complexity index is 476. The molecule has 0 fully saturated rings. The number of nitrogens with zero attached hydrogens (tertiary/aromatic N) is 1. The summed E-state index contributed by atoms with van der Waals surface area (Å²) in [7, 11) is 0. The molecule has 1 aromatic carbocycles. The highest BCUT2D eigenvalue weighted by Crippen LogP contribution is 2.13. The van der Waals surface area contributed by atoms with E-state index in [2.05, 4.69) is 17.1 Å². The number of amides is 1. The van der Waals surface area contributed by atoms with Crippen molar-refractivity contribution in [1.82, 2.24) is 5.43 Å². The van der Waals surface area contributed by atoms with Crippen LogP contribution < -0.4 is 5.43 Å². The van der Waals surface area contributed by atoms with Gasteiger partial charge >= 0.3 is 0 Å². The second kappa shape index (κ2) is 7.06. The first kappa shape index (κ1) is 13.7. The molecule has 0 aromatic heterocycles. The van der Waals surface area contributed by atoms with E-state index >= 15 is 0 Å². The Kier molecular flexibility index (Phi) is 5.38. The van der Waals surface area contributed by atoms with Crippen LogP contribution >= 0.6 is 0 Å². The van der Waals surface area contributed by atoms with Crippen molar-refractivity contribution in [2.24, 2.45) is 5.10 Å². The third-order valence-electron chi connectivity index (χ3n) is 2.28. The second-order valence-electron chi connectivity index (χ2n) is 3.78. The van der Waals surface area contributed by atoms with Crippen LogP contribution in [0.4, 0.5) is 0 Å². The first-order valence-electron chi connectivity index (χ1n) is 5.49. The minimum Gasteiger partial charge on any atom is -0.508 e. The molecule has 0 unspecified atom stereocenters. The topological polar surface area (TPSA) is 61.7 Å². The molecule has 94 valence electrons. The fourth-order valence-corrected chi connectivity index (χ4v) is 1.46. The Balaban J connectivity index is 2.87. The number of benzene rings is 1. The largest absolute Gasteiger partial charge is 0.508 e. The molecule has 0 aliphatic rings. The predicted molar refractivity (Wildman–Crippen MR) is 72.3 cm³/mol. The molecular formula is C14H16N2O2. The Morgan fingerprint density at radius 1 is 1.44 bits per heavy atom. The van der Waals surface area contributed by atoms with E-state index in [4.69, 9.17) is 0 Å². The van der Waals surface area contributed by atoms with Gasteiger partial charge in [0.25, 0.3) is 0 Å². The maximum Gasteiger partial charge on any atom is 0.227 e. The number of hydrazone groups is 1. The van der Waals surface area contributed by atoms with E-state index < -0.39 is 0 Å². The second-order valence-corrected chi connectivity index (χ2v) is 3.78. The molecule has 0 aliphatic carbocycles. The van der Waals surface area contributed by atoms with Gasteiger partial charge in [0.15, 0.2) is 0 Å². The molecule has 0 saturated heterocycles. The molecule has 4 nitrogen and oxygen atoms in total. The van der Waals surface area contributed by atoms with Crippen molar-refractivity contribution in [2.45, 2.75) is 13.3 Å². The van der Waals surface area contributed by atoms with Gasteiger partial charge in [0, 0.05) is 6.42 Å². The van der Waals surface area contributed by atoms with Crippen LogP contribution in [0.25, 0.3) is 0 Å². The van der Waals surface area contributed by atoms with Crippen LogP contribution in [0.5, 0.6) is 0 Å². The van der Waals surface area contributed by atoms with Crippen molar-refractivity contribution in [3.8, 4) is 0 Å². The highest BCUT2D eigenvalue weighted by atomic mass is 16.3. The van der Waals surface area contributed by atoms with Crippen LogP contribution in [0.15, 0.2) is 59.4 Å². The maximum atomic E-state index is 10.1. The van der Waals surface area contributed by atoms with Gasteiger partial charge in [-0.05, 0) is 24.1 Å². The monoisotopic (exact) mass is 244 g/mol. The van der Waals surface area contributed by atoms with Gasteiger partial charge in [-0.2, -0.15) is 5.10 Å². The zero-order chi connectivity index (χ0) is 13.4. The van der Waals surface area contributed by atoms with Crippen LogP contribution in [-0.4, -0.2) is 17.2 Å². The van der Waals surface area contributed by atoms with Crippen molar-refractivity contribution >= 4 is 12.1 Å². The lowest BCUT2D eigenvalue weighted by Gasteiger charge is -2.06. The number of aliphatic hydroxyl groups excluding tert-OH is 1. The Hall–Kier alpha value is -2.36. The van der Waals surface area contributed by atoms with Crippen LogP contribution in [0.1, 0.15) is 12.5 Å². The number of allylic oxidation sites excluding steroid dienone is 2. The minimum absolute atomic E-state index is 0.000457. The van der Waals surface area contributed by atoms with Crippen molar-refractivity contribution < 1.29 is 9.90 Å². The molecule has 0 heterocycles. The third kappa shape index (κ3) is 4.65. The molecule has 2 N–H and O–H groups in total. The third-order valence-corrected chi connectivity index (χ3v) is 2.28. The number of rotatable bonds is 6. The van der Waals surface area contributed by atoms with Gasteiger partial charge in [-0.25, -0.2) is 5.43 Å². The van der Waals surface area contributed by atoms with E-state index in [0.717, 1.165) is 5.56 Å². The summed E-state index contributed by atoms with van der Waals surface area (Å²) in [5.74, 6) is -0.000457. The predicted octanol–water partition coefficient (Wildman–Crippen LogP) is 2.35. The summed E-state index contributed by atoms with van der Waals surface area (Å²) < 4.78 is 0. The van der Waals surface area contributed by atoms with E-state index in [9.17, 15) is 9.90 Å². The highest BCUT2D eigenvalue weighted by molar-refractivity contribution is 5.94. The lowest BCUT2D eigenvalue weighted by molar-refractivity contribution is -0.109. The number of carbonyl (C=O) groups excluding carboxylic acids is 1. The van der Waals surface area contributed by atoms with Gasteiger partial charge in [-0.1, -0.05) is 36.9 Å². The average Bonchev–Trinajstić information content (AvgIpc) is 2.36. The van der Waals surface area contributed by atoms with Gasteiger partial charge < -0.3 is 5.11 Å². The van der Waals surface area contributed by atoms with E-state index in [1.165, 1.54) is 0 Å². The standard InChI is InChI=1S/C14H16N2O2/c1-11(16-15-10-17)8-14(12(2)18)9-13-6-4-3-5-7-13/h3-8,10,18H,2,9H2,1H3,(H,15,17)/b14-8+,16-11-. The smallest absolute Gasteiger partial charge is 0.227 e. The molecule has 1 rings (SSSR count). The molecule has 0 aliphatic heterocycles. The lowest BCUT2D eigenvalue weighted by atomic mass is 10.0. The molecule has 4 heteroatoms. The van der Waals surface area contributed by atoms with E-state index in [1.807, 2.05) is 30.3 Å². The SMILES string of the molecule is C=C(O)/C(=C/C(C)=N\NC=O)Cc1ccccc1. The quantitative estimate of drug-likeness (QED) is 0.265. The highest BCUT2D eigenvalue weighted by Gasteiger charge is 2.03. The number of aliphatic hydroxyl groups is 1. The van der Waals surface area contributed by atoms with Crippen LogP contribution in [-0.2, 0) is 11.2 Å². The van der Waals surface area contributed by atoms with Crippen molar-refractivity contribution in [3.05, 3.63) is 59.9 Å². The molecule has 0 saturated carbocycles. The summed E-state index contributed by atoms with van der Waals surface area (Å²) in [6.45, 7) is 5.25. The first-order valence-corrected chi connectivity index (χ1v) is 5.49. The summed E-state index contributed by atoms with van der Waals surface area (Å²) in [5, 5.41) is 13.3. The van der Waals surface area contributed by atoms with Crippen LogP contribution in [0.3, 0.4) is 0 Å². The van der Waals surface area contributed by atoms with Gasteiger partial charge in [-0.3, -0.25) is 4.79 Å². The van der Waals surface area contributed by atoms with Gasteiger partial charge in [0.2, 0.25) is 6.41 Å². The molecule has 1 amide bonds. The van der Waals surface area contributed by atoms with Gasteiger partial charge in [0.1, 0.15) is 5.76 Å². The molecule has 0 radical (unpaired) electrons. The van der Waals surface area contributed by atoms with Crippen LogP contribution in [0.2, 0.25) is 0 Å². The normalized spacial score (nSPS) is 12.1. The Labute approximate surface area is 106 Å². The van der Waals surface area contributed by atoms with E-state index in [0.29, 0.717) is 24.1 Å². The first-order chi connectivity index (χ1) is 8.63. The molecule has 0 spiro atoms. The summed E-state index contributed by atoms with van der Waals surface area (Å²) >= 11 is 0. The average molecular weight is 244 g/mol. The van der Waals surface area contributed by atoms with Crippen molar-refractivity contribution in [2.75, 3.05) is 0 Å². The fraction of sp³-hybridized carbons (Fsp3) is 0.143. The fourth-order valence-electron chi connectivity index (χ4n) is 1.46. The summed E-state index contributed by atoms with van der Waals surface area (Å²) in [4.78, 5) is 10.1. The van der Waals surface area contributed by atoms with Crippen molar-refractivity contribution in [3.63, 3.8) is 0 Å². The summed E-state index contributed by atoms with van der Waals surface area (Å²) in [6, 6.07) is 9.73. The van der Waals surface area contributed by atoms with Crippen molar-refractivity contribution in [1.29, 1.82) is 0 Å². The van der Waals surface area contributed by atoms with Gasteiger partial charge in [0.05, 0.1) is 5.71 Å². The zero-order valence-corrected chi connectivity index (χ0v) is 10.3. The summed E-state index contributed by atoms with van der Waals surface area (Å²) in [6.07, 6.45) is 2.73. The number of nitrogens with one attached hydrogen (secondary N) is 1. The Morgan fingerprint density at radius 3 is 2.67 bits per heavy atom. The molecule has 0 atom stereocenters. The van der Waals surface area contributed by atoms with E-state index in [1.54, 1.807) is 13.0 Å². The Morgan fingerprint density at radius 2 is 2.11 bits per heavy atom. The molecule has 18 heavy (non-hydrogen) atoms. The zero-order valence-electron chi connectivity index (χ0n) is 10.3. The van der Waals surface area contributed by atoms with Gasteiger partial charge in [-0.15, -0.1) is 0 Å². The number of carbonyl (C=O) groups is 1. The summed E-state index contributed by atoms with van der Waals surface area (Å²) in [5.41, 5.74) is 4.52. The lowest BCUT2D eigenvalue weighted by Crippen LogP contribution is -2.05. The van der Waals surface area contributed by atoms with E-state index in [-0.39, 0.29) is 5.76 Å². The van der Waals surface area contributed by atoms with Crippen LogP contribution in [0, 0.1) is 0 Å². The molecule has 0 bridgehead atoms. The minimum atomic E-state index is -0.000457. The number of hydrogen-bond acceptors (Lipinski definition) is 3. The molecule has 1 aromatic rings.